The van der Waals surface area contributed by atoms with Crippen molar-refractivity contribution in [2.24, 2.45) is 5.92 Å². The van der Waals surface area contributed by atoms with Gasteiger partial charge in [-0.05, 0) is 19.3 Å². The summed E-state index contributed by atoms with van der Waals surface area (Å²) in [5.74, 6) is 0.604. The van der Waals surface area contributed by atoms with Gasteiger partial charge in [-0.15, -0.1) is 0 Å². The predicted octanol–water partition coefficient (Wildman–Crippen LogP) is 1.44. The van der Waals surface area contributed by atoms with E-state index in [4.69, 9.17) is 14.2 Å². The first-order valence-electron chi connectivity index (χ1n) is 6.64. The van der Waals surface area contributed by atoms with Crippen LogP contribution < -0.4 is 5.32 Å². The van der Waals surface area contributed by atoms with Gasteiger partial charge in [0.25, 0.3) is 0 Å². The van der Waals surface area contributed by atoms with Gasteiger partial charge in [-0.25, -0.2) is 0 Å². The number of nitrogens with one attached hydrogen (secondary N) is 1. The number of ether oxygens (including phenoxy) is 3. The molecule has 0 amide bonds. The van der Waals surface area contributed by atoms with Crippen molar-refractivity contribution in [2.45, 2.75) is 45.4 Å². The van der Waals surface area contributed by atoms with Gasteiger partial charge in [0.2, 0.25) is 0 Å². The summed E-state index contributed by atoms with van der Waals surface area (Å²) >= 11 is 0. The molecular formula is C13H27NO3. The highest BCUT2D eigenvalue weighted by Gasteiger charge is 2.41. The van der Waals surface area contributed by atoms with Crippen LogP contribution in [0.4, 0.5) is 0 Å². The second-order valence-electron chi connectivity index (χ2n) is 4.96. The molecule has 0 aromatic heterocycles. The van der Waals surface area contributed by atoms with Gasteiger partial charge < -0.3 is 19.5 Å². The third-order valence-corrected chi connectivity index (χ3v) is 3.01. The molecule has 1 rings (SSSR count). The maximum absolute atomic E-state index is 5.57. The van der Waals surface area contributed by atoms with Crippen LogP contribution in [0.15, 0.2) is 0 Å². The molecule has 1 aliphatic rings. The lowest BCUT2D eigenvalue weighted by Crippen LogP contribution is -2.60. The van der Waals surface area contributed by atoms with Crippen LogP contribution in [0.5, 0.6) is 0 Å². The summed E-state index contributed by atoms with van der Waals surface area (Å²) in [6.45, 7) is 9.59. The van der Waals surface area contributed by atoms with E-state index in [9.17, 15) is 0 Å². The number of rotatable bonds is 9. The van der Waals surface area contributed by atoms with Crippen LogP contribution in [0.1, 0.15) is 27.2 Å². The van der Waals surface area contributed by atoms with Gasteiger partial charge in [-0.1, -0.05) is 13.8 Å². The van der Waals surface area contributed by atoms with Crippen molar-refractivity contribution in [3.8, 4) is 0 Å². The quantitative estimate of drug-likeness (QED) is 0.624. The first-order valence-corrected chi connectivity index (χ1v) is 6.64. The van der Waals surface area contributed by atoms with Crippen molar-refractivity contribution in [1.82, 2.24) is 5.32 Å². The molecule has 0 heterocycles. The lowest BCUT2D eigenvalue weighted by atomic mass is 9.85. The molecule has 0 spiro atoms. The summed E-state index contributed by atoms with van der Waals surface area (Å²) in [6, 6.07) is 0.416. The Bertz CT molecular complexity index is 199. The molecule has 1 aliphatic carbocycles. The van der Waals surface area contributed by atoms with E-state index in [2.05, 4.69) is 19.2 Å². The van der Waals surface area contributed by atoms with E-state index in [1.165, 1.54) is 0 Å². The average Bonchev–Trinajstić information content (AvgIpc) is 2.26. The highest BCUT2D eigenvalue weighted by molar-refractivity contribution is 4.96. The van der Waals surface area contributed by atoms with Gasteiger partial charge in [-0.3, -0.25) is 0 Å². The molecule has 17 heavy (non-hydrogen) atoms. The summed E-state index contributed by atoms with van der Waals surface area (Å²) < 4.78 is 16.5. The van der Waals surface area contributed by atoms with Crippen LogP contribution in [0.2, 0.25) is 0 Å². The normalized spacial score (nSPS) is 28.4. The minimum absolute atomic E-state index is 0.194. The van der Waals surface area contributed by atoms with Crippen LogP contribution in [-0.4, -0.2) is 51.7 Å². The smallest absolute Gasteiger partial charge is 0.0986 e. The first-order chi connectivity index (χ1) is 8.19. The van der Waals surface area contributed by atoms with E-state index < -0.39 is 0 Å². The zero-order valence-corrected chi connectivity index (χ0v) is 11.6. The Morgan fingerprint density at radius 2 is 2.12 bits per heavy atom. The van der Waals surface area contributed by atoms with E-state index in [0.717, 1.165) is 32.8 Å². The third kappa shape index (κ3) is 4.92. The molecular weight excluding hydrogens is 218 g/mol. The fourth-order valence-corrected chi connectivity index (χ4v) is 2.11. The van der Waals surface area contributed by atoms with Gasteiger partial charge in [0.1, 0.15) is 0 Å². The lowest BCUT2D eigenvalue weighted by molar-refractivity contribution is -0.131. The van der Waals surface area contributed by atoms with Crippen LogP contribution >= 0.6 is 0 Å². The molecule has 0 bridgehead atoms. The topological polar surface area (TPSA) is 39.7 Å². The molecule has 1 fully saturated rings. The van der Waals surface area contributed by atoms with Crippen molar-refractivity contribution in [3.05, 3.63) is 0 Å². The van der Waals surface area contributed by atoms with E-state index in [1.54, 1.807) is 7.11 Å². The summed E-state index contributed by atoms with van der Waals surface area (Å²) in [6.07, 6.45) is 1.50. The Morgan fingerprint density at radius 3 is 2.71 bits per heavy atom. The molecule has 0 aromatic rings. The molecule has 0 aromatic carbocycles. The van der Waals surface area contributed by atoms with Gasteiger partial charge in [0.15, 0.2) is 0 Å². The van der Waals surface area contributed by atoms with Gasteiger partial charge in [-0.2, -0.15) is 0 Å². The highest BCUT2D eigenvalue weighted by atomic mass is 16.5. The van der Waals surface area contributed by atoms with E-state index in [-0.39, 0.29) is 12.2 Å². The zero-order valence-electron chi connectivity index (χ0n) is 11.6. The molecule has 3 atom stereocenters. The van der Waals surface area contributed by atoms with E-state index in [0.29, 0.717) is 12.0 Å². The van der Waals surface area contributed by atoms with Crippen molar-refractivity contribution >= 4 is 0 Å². The Hall–Kier alpha value is -0.160. The first kappa shape index (κ1) is 14.9. The molecule has 1 saturated carbocycles. The number of hydrogen-bond acceptors (Lipinski definition) is 4. The molecule has 102 valence electrons. The molecule has 0 radical (unpaired) electrons. The fraction of sp³-hybridized carbons (Fsp3) is 1.00. The molecule has 0 aliphatic heterocycles. The van der Waals surface area contributed by atoms with Crippen LogP contribution in [0, 0.1) is 5.92 Å². The molecule has 1 N–H and O–H groups in total. The Labute approximate surface area is 105 Å². The maximum Gasteiger partial charge on any atom is 0.0986 e. The summed E-state index contributed by atoms with van der Waals surface area (Å²) in [5, 5.41) is 3.45. The van der Waals surface area contributed by atoms with Crippen LogP contribution in [-0.2, 0) is 14.2 Å². The number of methoxy groups -OCH3 is 1. The van der Waals surface area contributed by atoms with Crippen LogP contribution in [0.3, 0.4) is 0 Å². The number of hydrogen-bond donors (Lipinski definition) is 1. The zero-order chi connectivity index (χ0) is 12.7. The molecule has 4 nitrogen and oxygen atoms in total. The van der Waals surface area contributed by atoms with Gasteiger partial charge >= 0.3 is 0 Å². The Balaban J connectivity index is 2.04. The SMILES string of the molecule is CCOC1CC(NCCOCC(C)C)C1OC. The summed E-state index contributed by atoms with van der Waals surface area (Å²) in [7, 11) is 1.75. The molecule has 0 saturated heterocycles. The van der Waals surface area contributed by atoms with Crippen molar-refractivity contribution in [2.75, 3.05) is 33.5 Å². The Kier molecular flexibility index (Phi) is 7.04. The third-order valence-electron chi connectivity index (χ3n) is 3.01. The second-order valence-corrected chi connectivity index (χ2v) is 4.96. The monoisotopic (exact) mass is 245 g/mol. The summed E-state index contributed by atoms with van der Waals surface area (Å²) in [5.41, 5.74) is 0. The Morgan fingerprint density at radius 1 is 1.35 bits per heavy atom. The van der Waals surface area contributed by atoms with Crippen molar-refractivity contribution in [3.63, 3.8) is 0 Å². The highest BCUT2D eigenvalue weighted by Crippen LogP contribution is 2.26. The van der Waals surface area contributed by atoms with Gasteiger partial charge in [0.05, 0.1) is 18.8 Å². The van der Waals surface area contributed by atoms with Crippen LogP contribution in [0.25, 0.3) is 0 Å². The fourth-order valence-electron chi connectivity index (χ4n) is 2.11. The second kappa shape index (κ2) is 8.03. The minimum Gasteiger partial charge on any atom is -0.380 e. The largest absolute Gasteiger partial charge is 0.380 e. The maximum atomic E-state index is 5.57. The summed E-state index contributed by atoms with van der Waals surface area (Å²) in [4.78, 5) is 0. The predicted molar refractivity (Wildman–Crippen MR) is 68.3 cm³/mol. The van der Waals surface area contributed by atoms with Crippen molar-refractivity contribution < 1.29 is 14.2 Å². The standard InChI is InChI=1S/C13H27NO3/c1-5-17-12-8-11(13(12)15-4)14-6-7-16-9-10(2)3/h10-14H,5-9H2,1-4H3. The van der Waals surface area contributed by atoms with Crippen molar-refractivity contribution in [1.29, 1.82) is 0 Å². The molecule has 4 heteroatoms. The minimum atomic E-state index is 0.194. The van der Waals surface area contributed by atoms with E-state index >= 15 is 0 Å². The average molecular weight is 245 g/mol. The molecule has 3 unspecified atom stereocenters. The van der Waals surface area contributed by atoms with Gasteiger partial charge in [0, 0.05) is 32.9 Å². The van der Waals surface area contributed by atoms with E-state index in [1.807, 2.05) is 6.92 Å². The lowest BCUT2D eigenvalue weighted by Gasteiger charge is -2.43.